The summed E-state index contributed by atoms with van der Waals surface area (Å²) in [5, 5.41) is 0. The average molecular weight is 391 g/mol. The Bertz CT molecular complexity index is 757. The summed E-state index contributed by atoms with van der Waals surface area (Å²) in [4.78, 5) is 14.6. The highest BCUT2D eigenvalue weighted by atomic mass is 32.2. The summed E-state index contributed by atoms with van der Waals surface area (Å²) in [5.41, 5.74) is 1.27. The van der Waals surface area contributed by atoms with Gasteiger partial charge in [0.05, 0.1) is 4.90 Å². The van der Waals surface area contributed by atoms with Gasteiger partial charge >= 0.3 is 0 Å². The highest BCUT2D eigenvalue weighted by Crippen LogP contribution is 2.33. The first-order valence-corrected chi connectivity index (χ1v) is 11.9. The Kier molecular flexibility index (Phi) is 5.55. The summed E-state index contributed by atoms with van der Waals surface area (Å²) in [6.07, 6.45) is 9.41. The van der Waals surface area contributed by atoms with E-state index in [0.29, 0.717) is 37.0 Å². The number of benzene rings is 1. The number of hydrogen-bond acceptors (Lipinski definition) is 3. The fourth-order valence-corrected chi connectivity index (χ4v) is 5.98. The molecule has 3 aliphatic rings. The lowest BCUT2D eigenvalue weighted by Gasteiger charge is -2.37. The Balaban J connectivity index is 1.39. The van der Waals surface area contributed by atoms with Gasteiger partial charge in [0.1, 0.15) is 0 Å². The van der Waals surface area contributed by atoms with Crippen molar-refractivity contribution in [3.63, 3.8) is 0 Å². The van der Waals surface area contributed by atoms with Crippen LogP contribution in [0, 0.1) is 5.92 Å². The summed E-state index contributed by atoms with van der Waals surface area (Å²) in [6.45, 7) is 1.81. The molecule has 0 aromatic heterocycles. The SMILES string of the molecule is O=C(C1CCC1)N1CCN(S(=O)(=O)c2ccc(C3CCCCC3)cc2)CC1. The zero-order valence-corrected chi connectivity index (χ0v) is 16.8. The molecule has 0 spiro atoms. The molecule has 2 aliphatic carbocycles. The molecule has 1 heterocycles. The van der Waals surface area contributed by atoms with Crippen molar-refractivity contribution in [3.8, 4) is 0 Å². The zero-order valence-electron chi connectivity index (χ0n) is 16.0. The molecule has 1 saturated heterocycles. The Morgan fingerprint density at radius 1 is 0.815 bits per heavy atom. The van der Waals surface area contributed by atoms with Gasteiger partial charge in [0.15, 0.2) is 0 Å². The Hall–Kier alpha value is -1.40. The van der Waals surface area contributed by atoms with E-state index in [2.05, 4.69) is 0 Å². The minimum atomic E-state index is -3.48. The minimum absolute atomic E-state index is 0.181. The molecule has 0 N–H and O–H groups in total. The quantitative estimate of drug-likeness (QED) is 0.792. The molecule has 1 aliphatic heterocycles. The summed E-state index contributed by atoms with van der Waals surface area (Å²) in [5.74, 6) is 0.979. The number of nitrogens with zero attached hydrogens (tertiary/aromatic N) is 2. The van der Waals surface area contributed by atoms with Crippen molar-refractivity contribution in [2.75, 3.05) is 26.2 Å². The molecule has 3 fully saturated rings. The molecule has 148 valence electrons. The first-order chi connectivity index (χ1) is 13.1. The van der Waals surface area contributed by atoms with Gasteiger partial charge in [-0.15, -0.1) is 0 Å². The lowest BCUT2D eigenvalue weighted by Crippen LogP contribution is -2.52. The summed E-state index contributed by atoms with van der Waals surface area (Å²) in [7, 11) is -3.48. The third-order valence-electron chi connectivity index (χ3n) is 6.60. The fourth-order valence-electron chi connectivity index (χ4n) is 4.56. The molecule has 0 bridgehead atoms. The van der Waals surface area contributed by atoms with Gasteiger partial charge in [0.2, 0.25) is 15.9 Å². The molecule has 1 aromatic carbocycles. The van der Waals surface area contributed by atoms with E-state index in [1.54, 1.807) is 12.1 Å². The second-order valence-electron chi connectivity index (χ2n) is 8.26. The van der Waals surface area contributed by atoms with Gasteiger partial charge in [-0.05, 0) is 49.3 Å². The molecule has 0 radical (unpaired) electrons. The van der Waals surface area contributed by atoms with Crippen LogP contribution in [-0.2, 0) is 14.8 Å². The van der Waals surface area contributed by atoms with E-state index in [4.69, 9.17) is 0 Å². The molecule has 0 atom stereocenters. The van der Waals surface area contributed by atoms with Crippen LogP contribution in [-0.4, -0.2) is 49.7 Å². The standard InChI is InChI=1S/C21H30N2O3S/c24-21(19-7-4-8-19)22-13-15-23(16-14-22)27(25,26)20-11-9-18(10-12-20)17-5-2-1-3-6-17/h9-12,17,19H,1-8,13-16H2. The lowest BCUT2D eigenvalue weighted by atomic mass is 9.84. The van der Waals surface area contributed by atoms with Crippen molar-refractivity contribution < 1.29 is 13.2 Å². The normalized spacial score (nSPS) is 23.2. The Morgan fingerprint density at radius 3 is 2.00 bits per heavy atom. The van der Waals surface area contributed by atoms with Crippen LogP contribution in [0.3, 0.4) is 0 Å². The topological polar surface area (TPSA) is 57.7 Å². The summed E-state index contributed by atoms with van der Waals surface area (Å²) < 4.78 is 27.5. The van der Waals surface area contributed by atoms with E-state index in [1.807, 2.05) is 17.0 Å². The lowest BCUT2D eigenvalue weighted by molar-refractivity contribution is -0.139. The van der Waals surface area contributed by atoms with Crippen LogP contribution in [0.5, 0.6) is 0 Å². The van der Waals surface area contributed by atoms with Gasteiger partial charge in [0.25, 0.3) is 0 Å². The van der Waals surface area contributed by atoms with Crippen molar-refractivity contribution in [2.45, 2.75) is 62.2 Å². The monoisotopic (exact) mass is 390 g/mol. The van der Waals surface area contributed by atoms with Crippen LogP contribution < -0.4 is 0 Å². The largest absolute Gasteiger partial charge is 0.340 e. The molecule has 27 heavy (non-hydrogen) atoms. The predicted octanol–water partition coefficient (Wildman–Crippen LogP) is 3.37. The second-order valence-corrected chi connectivity index (χ2v) is 10.2. The van der Waals surface area contributed by atoms with E-state index < -0.39 is 10.0 Å². The number of amides is 1. The maximum Gasteiger partial charge on any atom is 0.243 e. The number of piperazine rings is 1. The Labute approximate surface area is 162 Å². The number of sulfonamides is 1. The third-order valence-corrected chi connectivity index (χ3v) is 8.51. The molecular formula is C21H30N2O3S. The molecule has 6 heteroatoms. The number of hydrogen-bond donors (Lipinski definition) is 0. The van der Waals surface area contributed by atoms with Crippen LogP contribution in [0.2, 0.25) is 0 Å². The molecule has 5 nitrogen and oxygen atoms in total. The van der Waals surface area contributed by atoms with Crippen molar-refractivity contribution >= 4 is 15.9 Å². The van der Waals surface area contributed by atoms with Crippen molar-refractivity contribution in [1.29, 1.82) is 0 Å². The summed E-state index contributed by atoms with van der Waals surface area (Å²) in [6, 6.07) is 7.54. The van der Waals surface area contributed by atoms with Gasteiger partial charge in [-0.3, -0.25) is 4.79 Å². The average Bonchev–Trinajstić information content (AvgIpc) is 2.67. The highest BCUT2D eigenvalue weighted by molar-refractivity contribution is 7.89. The molecule has 0 unspecified atom stereocenters. The molecule has 1 aromatic rings. The van der Waals surface area contributed by atoms with Crippen molar-refractivity contribution in [2.24, 2.45) is 5.92 Å². The maximum atomic E-state index is 13.0. The van der Waals surface area contributed by atoms with Gasteiger partial charge in [-0.25, -0.2) is 8.42 Å². The van der Waals surface area contributed by atoms with Crippen LogP contribution in [0.1, 0.15) is 62.8 Å². The maximum absolute atomic E-state index is 13.0. The molecule has 1 amide bonds. The van der Waals surface area contributed by atoms with Crippen LogP contribution >= 0.6 is 0 Å². The van der Waals surface area contributed by atoms with Gasteiger partial charge < -0.3 is 4.90 Å². The van der Waals surface area contributed by atoms with Crippen molar-refractivity contribution in [1.82, 2.24) is 9.21 Å². The first-order valence-electron chi connectivity index (χ1n) is 10.4. The minimum Gasteiger partial charge on any atom is -0.340 e. The summed E-state index contributed by atoms with van der Waals surface area (Å²) >= 11 is 0. The first kappa shape index (κ1) is 18.9. The number of carbonyl (C=O) groups excluding carboxylic acids is 1. The van der Waals surface area contributed by atoms with E-state index in [-0.39, 0.29) is 11.8 Å². The molecular weight excluding hydrogens is 360 g/mol. The number of carbonyl (C=O) groups is 1. The van der Waals surface area contributed by atoms with E-state index in [0.717, 1.165) is 19.3 Å². The highest BCUT2D eigenvalue weighted by Gasteiger charge is 2.34. The van der Waals surface area contributed by atoms with Crippen LogP contribution in [0.4, 0.5) is 0 Å². The number of rotatable bonds is 4. The fraction of sp³-hybridized carbons (Fsp3) is 0.667. The smallest absolute Gasteiger partial charge is 0.243 e. The van der Waals surface area contributed by atoms with E-state index in [9.17, 15) is 13.2 Å². The zero-order chi connectivity index (χ0) is 18.9. The Morgan fingerprint density at radius 2 is 1.44 bits per heavy atom. The molecule has 4 rings (SSSR count). The van der Waals surface area contributed by atoms with Crippen molar-refractivity contribution in [3.05, 3.63) is 29.8 Å². The third kappa shape index (κ3) is 3.92. The second kappa shape index (κ2) is 7.92. The van der Waals surface area contributed by atoms with Gasteiger partial charge in [-0.1, -0.05) is 37.8 Å². The van der Waals surface area contributed by atoms with E-state index in [1.165, 1.54) is 42.0 Å². The van der Waals surface area contributed by atoms with Gasteiger partial charge in [0, 0.05) is 32.1 Å². The van der Waals surface area contributed by atoms with Crippen LogP contribution in [0.15, 0.2) is 29.2 Å². The van der Waals surface area contributed by atoms with Gasteiger partial charge in [-0.2, -0.15) is 4.31 Å². The van der Waals surface area contributed by atoms with E-state index >= 15 is 0 Å². The molecule has 2 saturated carbocycles. The van der Waals surface area contributed by atoms with Crippen LogP contribution in [0.25, 0.3) is 0 Å². The predicted molar refractivity (Wildman–Crippen MR) is 105 cm³/mol.